The molecule has 2 aromatic rings. The Bertz CT molecular complexity index is 625. The van der Waals surface area contributed by atoms with Crippen molar-refractivity contribution in [3.8, 4) is 0 Å². The Morgan fingerprint density at radius 2 is 1.85 bits per heavy atom. The summed E-state index contributed by atoms with van der Waals surface area (Å²) in [5, 5.41) is 2.90. The van der Waals surface area contributed by atoms with Gasteiger partial charge >= 0.3 is 0 Å². The second kappa shape index (κ2) is 6.18. The van der Waals surface area contributed by atoms with E-state index in [2.05, 4.69) is 21.2 Å². The fraction of sp³-hybridized carbons (Fsp3) is 0.188. The molecule has 0 saturated carbocycles. The molecule has 104 valence electrons. The number of carbonyl (C=O) groups is 1. The largest absolute Gasteiger partial charge is 0.346 e. The van der Waals surface area contributed by atoms with Crippen LogP contribution in [0.5, 0.6) is 0 Å². The minimum absolute atomic E-state index is 0.105. The Hall–Kier alpha value is -1.68. The van der Waals surface area contributed by atoms with Crippen LogP contribution in [-0.4, -0.2) is 5.91 Å². The van der Waals surface area contributed by atoms with Crippen LogP contribution < -0.4 is 5.32 Å². The standard InChI is InChI=1S/C16H15BrFNO/c1-10-3-5-12(6-4-10)11(2)19-16(20)13-7-8-15(18)14(17)9-13/h3-9,11H,1-2H3,(H,19,20). The second-order valence-electron chi connectivity index (χ2n) is 4.73. The van der Waals surface area contributed by atoms with Gasteiger partial charge in [-0.25, -0.2) is 4.39 Å². The molecule has 1 unspecified atom stereocenters. The Labute approximate surface area is 126 Å². The van der Waals surface area contributed by atoms with E-state index in [0.717, 1.165) is 5.56 Å². The SMILES string of the molecule is Cc1ccc(C(C)NC(=O)c2ccc(F)c(Br)c2)cc1. The van der Waals surface area contributed by atoms with Gasteiger partial charge in [0.25, 0.3) is 5.91 Å². The number of hydrogen-bond acceptors (Lipinski definition) is 1. The molecule has 0 aliphatic heterocycles. The van der Waals surface area contributed by atoms with E-state index >= 15 is 0 Å². The Morgan fingerprint density at radius 3 is 2.45 bits per heavy atom. The highest BCUT2D eigenvalue weighted by Gasteiger charge is 2.12. The maximum absolute atomic E-state index is 13.1. The zero-order chi connectivity index (χ0) is 14.7. The maximum Gasteiger partial charge on any atom is 0.251 e. The van der Waals surface area contributed by atoms with Crippen LogP contribution in [0.4, 0.5) is 4.39 Å². The fourth-order valence-electron chi connectivity index (χ4n) is 1.86. The summed E-state index contributed by atoms with van der Waals surface area (Å²) in [6, 6.07) is 12.1. The highest BCUT2D eigenvalue weighted by molar-refractivity contribution is 9.10. The summed E-state index contributed by atoms with van der Waals surface area (Å²) in [5.74, 6) is -0.605. The molecule has 2 aromatic carbocycles. The third kappa shape index (κ3) is 3.45. The van der Waals surface area contributed by atoms with Gasteiger partial charge in [-0.1, -0.05) is 29.8 Å². The van der Waals surface area contributed by atoms with Gasteiger partial charge in [0.2, 0.25) is 0 Å². The summed E-state index contributed by atoms with van der Waals surface area (Å²) in [6.45, 7) is 3.93. The third-order valence-electron chi connectivity index (χ3n) is 3.11. The molecule has 0 heterocycles. The minimum Gasteiger partial charge on any atom is -0.346 e. The molecule has 1 N–H and O–H groups in total. The molecule has 1 atom stereocenters. The lowest BCUT2D eigenvalue weighted by atomic mass is 10.1. The molecule has 0 aliphatic carbocycles. The molecular weight excluding hydrogens is 321 g/mol. The van der Waals surface area contributed by atoms with Gasteiger partial charge < -0.3 is 5.32 Å². The van der Waals surface area contributed by atoms with Gasteiger partial charge in [-0.3, -0.25) is 4.79 Å². The lowest BCUT2D eigenvalue weighted by molar-refractivity contribution is 0.0940. The molecule has 0 radical (unpaired) electrons. The molecule has 1 amide bonds. The fourth-order valence-corrected chi connectivity index (χ4v) is 2.23. The van der Waals surface area contributed by atoms with Crippen molar-refractivity contribution < 1.29 is 9.18 Å². The molecule has 2 nitrogen and oxygen atoms in total. The van der Waals surface area contributed by atoms with Gasteiger partial charge in [-0.15, -0.1) is 0 Å². The van der Waals surface area contributed by atoms with Crippen molar-refractivity contribution in [3.05, 3.63) is 69.4 Å². The van der Waals surface area contributed by atoms with Crippen molar-refractivity contribution in [2.45, 2.75) is 19.9 Å². The number of hydrogen-bond donors (Lipinski definition) is 1. The van der Waals surface area contributed by atoms with Crippen LogP contribution in [0, 0.1) is 12.7 Å². The average Bonchev–Trinajstić information content (AvgIpc) is 2.42. The molecule has 20 heavy (non-hydrogen) atoms. The topological polar surface area (TPSA) is 29.1 Å². The summed E-state index contributed by atoms with van der Waals surface area (Å²) >= 11 is 3.08. The average molecular weight is 336 g/mol. The Kier molecular flexibility index (Phi) is 4.55. The molecule has 0 bridgehead atoms. The van der Waals surface area contributed by atoms with Crippen LogP contribution in [0.25, 0.3) is 0 Å². The number of benzene rings is 2. The number of aryl methyl sites for hydroxylation is 1. The van der Waals surface area contributed by atoms with E-state index in [-0.39, 0.29) is 22.2 Å². The van der Waals surface area contributed by atoms with E-state index < -0.39 is 0 Å². The quantitative estimate of drug-likeness (QED) is 0.885. The van der Waals surface area contributed by atoms with Crippen molar-refractivity contribution in [3.63, 3.8) is 0 Å². The van der Waals surface area contributed by atoms with E-state index in [4.69, 9.17) is 0 Å². The van der Waals surface area contributed by atoms with Crippen molar-refractivity contribution in [1.82, 2.24) is 5.32 Å². The molecular formula is C16H15BrFNO. The number of halogens is 2. The zero-order valence-electron chi connectivity index (χ0n) is 11.3. The molecule has 0 aliphatic rings. The van der Waals surface area contributed by atoms with E-state index in [1.807, 2.05) is 38.1 Å². The molecule has 0 fully saturated rings. The van der Waals surface area contributed by atoms with Crippen molar-refractivity contribution in [2.75, 3.05) is 0 Å². The van der Waals surface area contributed by atoms with Crippen molar-refractivity contribution >= 4 is 21.8 Å². The first-order valence-electron chi connectivity index (χ1n) is 6.30. The number of nitrogens with one attached hydrogen (secondary N) is 1. The van der Waals surface area contributed by atoms with Gasteiger partial charge in [0.05, 0.1) is 10.5 Å². The molecule has 2 rings (SSSR count). The Balaban J connectivity index is 2.10. The Morgan fingerprint density at radius 1 is 1.20 bits per heavy atom. The van der Waals surface area contributed by atoms with Gasteiger partial charge in [0, 0.05) is 5.56 Å². The van der Waals surface area contributed by atoms with Crippen molar-refractivity contribution in [2.24, 2.45) is 0 Å². The summed E-state index contributed by atoms with van der Waals surface area (Å²) < 4.78 is 13.4. The van der Waals surface area contributed by atoms with E-state index in [1.165, 1.54) is 23.8 Å². The smallest absolute Gasteiger partial charge is 0.251 e. The highest BCUT2D eigenvalue weighted by atomic mass is 79.9. The first-order valence-corrected chi connectivity index (χ1v) is 7.09. The summed E-state index contributed by atoms with van der Waals surface area (Å²) in [6.07, 6.45) is 0. The third-order valence-corrected chi connectivity index (χ3v) is 3.71. The van der Waals surface area contributed by atoms with E-state index in [9.17, 15) is 9.18 Å². The highest BCUT2D eigenvalue weighted by Crippen LogP contribution is 2.18. The summed E-state index contributed by atoms with van der Waals surface area (Å²) in [7, 11) is 0. The van der Waals surface area contributed by atoms with Crippen LogP contribution in [0.1, 0.15) is 34.5 Å². The maximum atomic E-state index is 13.1. The van der Waals surface area contributed by atoms with Gasteiger partial charge in [-0.2, -0.15) is 0 Å². The van der Waals surface area contributed by atoms with E-state index in [0.29, 0.717) is 5.56 Å². The van der Waals surface area contributed by atoms with Crippen LogP contribution in [-0.2, 0) is 0 Å². The predicted octanol–water partition coefficient (Wildman–Crippen LogP) is 4.39. The molecule has 0 aromatic heterocycles. The van der Waals surface area contributed by atoms with Gasteiger partial charge in [0.15, 0.2) is 0 Å². The minimum atomic E-state index is -0.381. The molecule has 0 spiro atoms. The zero-order valence-corrected chi connectivity index (χ0v) is 12.9. The van der Waals surface area contributed by atoms with E-state index in [1.54, 1.807) is 0 Å². The predicted molar refractivity (Wildman–Crippen MR) is 81.2 cm³/mol. The lowest BCUT2D eigenvalue weighted by Crippen LogP contribution is -2.26. The van der Waals surface area contributed by atoms with Crippen LogP contribution >= 0.6 is 15.9 Å². The summed E-state index contributed by atoms with van der Waals surface area (Å²) in [4.78, 5) is 12.1. The second-order valence-corrected chi connectivity index (χ2v) is 5.59. The first kappa shape index (κ1) is 14.7. The van der Waals surface area contributed by atoms with Crippen LogP contribution in [0.2, 0.25) is 0 Å². The monoisotopic (exact) mass is 335 g/mol. The van der Waals surface area contributed by atoms with Crippen LogP contribution in [0.15, 0.2) is 46.9 Å². The van der Waals surface area contributed by atoms with Crippen LogP contribution in [0.3, 0.4) is 0 Å². The van der Waals surface area contributed by atoms with Gasteiger partial charge in [0.1, 0.15) is 5.82 Å². The first-order chi connectivity index (χ1) is 9.47. The lowest BCUT2D eigenvalue weighted by Gasteiger charge is -2.15. The number of rotatable bonds is 3. The van der Waals surface area contributed by atoms with Gasteiger partial charge in [-0.05, 0) is 53.5 Å². The summed E-state index contributed by atoms with van der Waals surface area (Å²) in [5.41, 5.74) is 2.64. The molecule has 0 saturated heterocycles. The number of amides is 1. The normalized spacial score (nSPS) is 12.0. The number of carbonyl (C=O) groups excluding carboxylic acids is 1. The van der Waals surface area contributed by atoms with Crippen molar-refractivity contribution in [1.29, 1.82) is 0 Å². The molecule has 4 heteroatoms.